The van der Waals surface area contributed by atoms with Gasteiger partial charge in [-0.05, 0) is 23.5 Å². The van der Waals surface area contributed by atoms with Gasteiger partial charge in [0.1, 0.15) is 6.04 Å². The zero-order chi connectivity index (χ0) is 25.9. The molecule has 0 saturated carbocycles. The molecule has 9 heteroatoms. The number of aliphatic hydroxyl groups excluding tert-OH is 2. The van der Waals surface area contributed by atoms with Crippen LogP contribution in [0.25, 0.3) is 10.4 Å². The van der Waals surface area contributed by atoms with E-state index >= 15 is 0 Å². The van der Waals surface area contributed by atoms with Crippen molar-refractivity contribution < 1.29 is 19.8 Å². The summed E-state index contributed by atoms with van der Waals surface area (Å²) in [4.78, 5) is 33.6. The summed E-state index contributed by atoms with van der Waals surface area (Å²) in [5.41, 5.74) is 4.18. The highest BCUT2D eigenvalue weighted by Crippen LogP contribution is 2.29. The number of hydrogen-bond acceptors (Lipinski definition) is 7. The number of thiazole rings is 1. The van der Waals surface area contributed by atoms with Gasteiger partial charge in [0.2, 0.25) is 11.8 Å². The monoisotopic (exact) mass is 502 g/mol. The van der Waals surface area contributed by atoms with E-state index in [2.05, 4.69) is 15.6 Å². The van der Waals surface area contributed by atoms with Gasteiger partial charge in [0.05, 0.1) is 40.9 Å². The quantitative estimate of drug-likeness (QED) is 0.441. The van der Waals surface area contributed by atoms with Gasteiger partial charge in [-0.25, -0.2) is 4.98 Å². The molecule has 0 unspecified atom stereocenters. The topological polar surface area (TPSA) is 115 Å². The molecule has 1 aromatic carbocycles. The van der Waals surface area contributed by atoms with Crippen LogP contribution in [0.4, 0.5) is 0 Å². The number of amides is 2. The van der Waals surface area contributed by atoms with Crippen molar-refractivity contribution in [3.8, 4) is 10.4 Å². The normalized spacial score (nSPS) is 20.2. The summed E-state index contributed by atoms with van der Waals surface area (Å²) in [5.74, 6) is -0.582. The molecule has 2 aromatic rings. The lowest BCUT2D eigenvalue weighted by molar-refractivity contribution is -0.142. The standard InChI is InChI=1S/C26H38N4O4S/c1-15(2)28-23(26(4,5)6)25(34)30-12-19(32)11-21(30)24(33)29-20(13-31)17-7-9-18(10-8-17)22-16(3)27-14-35-22/h7-10,14-15,19-21,23,28,31-32H,11-13H2,1-6H3,(H,29,33)/t19-,20+,21+,23-/m1/s1. The molecule has 0 bridgehead atoms. The first-order valence-electron chi connectivity index (χ1n) is 12.1. The largest absolute Gasteiger partial charge is 0.394 e. The molecule has 8 nitrogen and oxygen atoms in total. The van der Waals surface area contributed by atoms with Gasteiger partial charge in [-0.3, -0.25) is 9.59 Å². The van der Waals surface area contributed by atoms with Gasteiger partial charge >= 0.3 is 0 Å². The van der Waals surface area contributed by atoms with E-state index in [9.17, 15) is 19.8 Å². The maximum absolute atomic E-state index is 13.5. The molecule has 1 aliphatic heterocycles. The Hall–Kier alpha value is -2.33. The molecule has 1 saturated heterocycles. The third-order valence-corrected chi connectivity index (χ3v) is 7.28. The molecule has 0 radical (unpaired) electrons. The van der Waals surface area contributed by atoms with Gasteiger partial charge in [-0.1, -0.05) is 58.9 Å². The van der Waals surface area contributed by atoms with Gasteiger partial charge in [0, 0.05) is 19.0 Å². The highest BCUT2D eigenvalue weighted by atomic mass is 32.1. The summed E-state index contributed by atoms with van der Waals surface area (Å²) in [7, 11) is 0. The van der Waals surface area contributed by atoms with Crippen molar-refractivity contribution in [1.82, 2.24) is 20.5 Å². The Morgan fingerprint density at radius 2 is 1.89 bits per heavy atom. The molecule has 2 heterocycles. The first-order valence-corrected chi connectivity index (χ1v) is 13.0. The van der Waals surface area contributed by atoms with Crippen LogP contribution in [0.5, 0.6) is 0 Å². The molecular weight excluding hydrogens is 464 g/mol. The number of aromatic nitrogens is 1. The Morgan fingerprint density at radius 1 is 1.23 bits per heavy atom. The number of nitrogens with zero attached hydrogens (tertiary/aromatic N) is 2. The highest BCUT2D eigenvalue weighted by molar-refractivity contribution is 7.13. The Morgan fingerprint density at radius 3 is 2.40 bits per heavy atom. The third kappa shape index (κ3) is 6.46. The maximum Gasteiger partial charge on any atom is 0.243 e. The zero-order valence-electron chi connectivity index (χ0n) is 21.4. The zero-order valence-corrected chi connectivity index (χ0v) is 22.2. The molecule has 0 spiro atoms. The number of aryl methyl sites for hydroxylation is 1. The molecule has 0 aliphatic carbocycles. The number of likely N-dealkylation sites (tertiary alicyclic amines) is 1. The SMILES string of the molecule is Cc1ncsc1-c1ccc([C@H](CO)NC(=O)[C@@H]2C[C@@H](O)CN2C(=O)[C@@H](NC(C)C)C(C)(C)C)cc1. The molecule has 1 aliphatic rings. The summed E-state index contributed by atoms with van der Waals surface area (Å²) in [6, 6.07) is 5.81. The number of carbonyl (C=O) groups is 2. The van der Waals surface area contributed by atoms with Crippen molar-refractivity contribution in [2.45, 2.75) is 78.2 Å². The van der Waals surface area contributed by atoms with Gasteiger partial charge in [-0.2, -0.15) is 0 Å². The van der Waals surface area contributed by atoms with Gasteiger partial charge in [0.25, 0.3) is 0 Å². The number of hydrogen-bond donors (Lipinski definition) is 4. The summed E-state index contributed by atoms with van der Waals surface area (Å²) >= 11 is 1.56. The number of benzene rings is 1. The first kappa shape index (κ1) is 27.3. The average molecular weight is 503 g/mol. The fraction of sp³-hybridized carbons (Fsp3) is 0.577. The lowest BCUT2D eigenvalue weighted by atomic mass is 9.85. The second kappa shape index (κ2) is 11.2. The maximum atomic E-state index is 13.5. The predicted molar refractivity (Wildman–Crippen MR) is 138 cm³/mol. The van der Waals surface area contributed by atoms with Crippen molar-refractivity contribution in [3.05, 3.63) is 41.0 Å². The van der Waals surface area contributed by atoms with E-state index in [4.69, 9.17) is 0 Å². The number of β-amino-alcohol motifs (C(OH)–C–C–N with tert-alkyl or cyclic N) is 1. The summed E-state index contributed by atoms with van der Waals surface area (Å²) in [6.07, 6.45) is -0.610. The van der Waals surface area contributed by atoms with Crippen molar-refractivity contribution in [2.75, 3.05) is 13.2 Å². The number of rotatable bonds is 8. The Bertz CT molecular complexity index is 1020. The molecule has 35 heavy (non-hydrogen) atoms. The van der Waals surface area contributed by atoms with Crippen LogP contribution < -0.4 is 10.6 Å². The van der Waals surface area contributed by atoms with Crippen LogP contribution in [0.2, 0.25) is 0 Å². The van der Waals surface area contributed by atoms with E-state index in [1.54, 1.807) is 16.8 Å². The lowest BCUT2D eigenvalue weighted by Crippen LogP contribution is -2.58. The van der Waals surface area contributed by atoms with E-state index < -0.39 is 24.2 Å². The fourth-order valence-electron chi connectivity index (χ4n) is 4.44. The number of aliphatic hydroxyl groups is 2. The van der Waals surface area contributed by atoms with E-state index in [1.165, 1.54) is 4.90 Å². The van der Waals surface area contributed by atoms with Gasteiger partial charge < -0.3 is 25.7 Å². The summed E-state index contributed by atoms with van der Waals surface area (Å²) in [5, 5.41) is 26.6. The lowest BCUT2D eigenvalue weighted by Gasteiger charge is -2.36. The second-order valence-corrected chi connectivity index (χ2v) is 11.5. The molecule has 2 amide bonds. The van der Waals surface area contributed by atoms with Crippen LogP contribution in [0.1, 0.15) is 58.3 Å². The van der Waals surface area contributed by atoms with Gasteiger partial charge in [0.15, 0.2) is 0 Å². The Kier molecular flexibility index (Phi) is 8.69. The summed E-state index contributed by atoms with van der Waals surface area (Å²) in [6.45, 7) is 11.7. The predicted octanol–water partition coefficient (Wildman–Crippen LogP) is 2.64. The van der Waals surface area contributed by atoms with Crippen LogP contribution in [0, 0.1) is 12.3 Å². The Balaban J connectivity index is 1.76. The van der Waals surface area contributed by atoms with Crippen molar-refractivity contribution in [3.63, 3.8) is 0 Å². The molecule has 4 atom stereocenters. The van der Waals surface area contributed by atoms with Crippen LogP contribution in [0.3, 0.4) is 0 Å². The van der Waals surface area contributed by atoms with Crippen molar-refractivity contribution >= 4 is 23.2 Å². The molecule has 192 valence electrons. The van der Waals surface area contributed by atoms with Crippen LogP contribution in [-0.2, 0) is 9.59 Å². The highest BCUT2D eigenvalue weighted by Gasteiger charge is 2.44. The number of carbonyl (C=O) groups excluding carboxylic acids is 2. The van der Waals surface area contributed by atoms with E-state index in [-0.39, 0.29) is 42.8 Å². The average Bonchev–Trinajstić information content (AvgIpc) is 3.40. The smallest absolute Gasteiger partial charge is 0.243 e. The first-order chi connectivity index (χ1) is 16.4. The number of nitrogens with one attached hydrogen (secondary N) is 2. The fourth-order valence-corrected chi connectivity index (χ4v) is 5.26. The second-order valence-electron chi connectivity index (χ2n) is 10.6. The van der Waals surface area contributed by atoms with E-state index in [0.717, 1.165) is 21.7 Å². The van der Waals surface area contributed by atoms with Gasteiger partial charge in [-0.15, -0.1) is 11.3 Å². The minimum Gasteiger partial charge on any atom is -0.394 e. The van der Waals surface area contributed by atoms with E-state index in [1.807, 2.05) is 65.8 Å². The third-order valence-electron chi connectivity index (χ3n) is 6.30. The van der Waals surface area contributed by atoms with Crippen LogP contribution in [0.15, 0.2) is 29.8 Å². The molecule has 1 fully saturated rings. The molecular formula is C26H38N4O4S. The van der Waals surface area contributed by atoms with E-state index in [0.29, 0.717) is 0 Å². The van der Waals surface area contributed by atoms with Crippen molar-refractivity contribution in [1.29, 1.82) is 0 Å². The molecule has 3 rings (SSSR count). The molecule has 1 aromatic heterocycles. The van der Waals surface area contributed by atoms with Crippen LogP contribution >= 0.6 is 11.3 Å². The Labute approximate surface area is 211 Å². The van der Waals surface area contributed by atoms with Crippen molar-refractivity contribution in [2.24, 2.45) is 5.41 Å². The minimum atomic E-state index is -0.801. The minimum absolute atomic E-state index is 0.0819. The molecule has 4 N–H and O–H groups in total. The van der Waals surface area contributed by atoms with Crippen LogP contribution in [-0.4, -0.2) is 69.3 Å². The summed E-state index contributed by atoms with van der Waals surface area (Å²) < 4.78 is 0.